The summed E-state index contributed by atoms with van der Waals surface area (Å²) in [5.74, 6) is -2.22. The normalized spacial score (nSPS) is 14.2. The van der Waals surface area contributed by atoms with Crippen LogP contribution in [0.5, 0.6) is 0 Å². The zero-order chi connectivity index (χ0) is 14.6. The van der Waals surface area contributed by atoms with Crippen molar-refractivity contribution in [1.29, 1.82) is 0 Å². The van der Waals surface area contributed by atoms with Gasteiger partial charge in [0.1, 0.15) is 11.4 Å². The average Bonchev–Trinajstić information content (AvgIpc) is 2.13. The monoisotopic (exact) mass is 276 g/mol. The summed E-state index contributed by atoms with van der Waals surface area (Å²) >= 11 is 0. The van der Waals surface area contributed by atoms with Crippen molar-refractivity contribution in [2.24, 2.45) is 0 Å². The first-order valence-electron chi connectivity index (χ1n) is 4.87. The third-order valence-corrected chi connectivity index (χ3v) is 2.77. The summed E-state index contributed by atoms with van der Waals surface area (Å²) in [6, 6.07) is 0. The Bertz CT molecular complexity index is 482. The third-order valence-electron chi connectivity index (χ3n) is 1.83. The van der Waals surface area contributed by atoms with Gasteiger partial charge in [-0.05, 0) is 19.9 Å². The van der Waals surface area contributed by atoms with Crippen molar-refractivity contribution in [3.63, 3.8) is 0 Å². The van der Waals surface area contributed by atoms with Crippen molar-refractivity contribution in [1.82, 2.24) is 10.6 Å². The van der Waals surface area contributed by atoms with Gasteiger partial charge in [0.15, 0.2) is 0 Å². The summed E-state index contributed by atoms with van der Waals surface area (Å²) < 4.78 is 30.6. The van der Waals surface area contributed by atoms with E-state index in [4.69, 9.17) is 4.55 Å². The van der Waals surface area contributed by atoms with Crippen molar-refractivity contribution < 1.29 is 22.6 Å². The molecule has 0 saturated heterocycles. The molecule has 7 nitrogen and oxygen atoms in total. The maximum atomic E-state index is 11.4. The summed E-state index contributed by atoms with van der Waals surface area (Å²) in [5, 5.41) is 4.47. The maximum Gasteiger partial charge on any atom is 0.269 e. The van der Waals surface area contributed by atoms with Gasteiger partial charge in [-0.3, -0.25) is 14.1 Å². The van der Waals surface area contributed by atoms with E-state index in [1.54, 1.807) is 0 Å². The second-order valence-corrected chi connectivity index (χ2v) is 5.44. The lowest BCUT2D eigenvalue weighted by molar-refractivity contribution is -0.121. The van der Waals surface area contributed by atoms with Gasteiger partial charge in [0.25, 0.3) is 10.1 Å². The van der Waals surface area contributed by atoms with Crippen molar-refractivity contribution in [2.45, 2.75) is 19.5 Å². The van der Waals surface area contributed by atoms with Gasteiger partial charge in [-0.1, -0.05) is 13.2 Å². The molecule has 0 rings (SSSR count). The van der Waals surface area contributed by atoms with Crippen molar-refractivity contribution in [2.75, 3.05) is 5.75 Å². The molecule has 0 bridgehead atoms. The van der Waals surface area contributed by atoms with Crippen LogP contribution in [0.4, 0.5) is 0 Å². The highest BCUT2D eigenvalue weighted by atomic mass is 32.2. The van der Waals surface area contributed by atoms with E-state index in [-0.39, 0.29) is 5.57 Å². The van der Waals surface area contributed by atoms with E-state index in [2.05, 4.69) is 23.8 Å². The van der Waals surface area contributed by atoms with Crippen LogP contribution in [0.3, 0.4) is 0 Å². The van der Waals surface area contributed by atoms with Crippen LogP contribution in [0.25, 0.3) is 0 Å². The Morgan fingerprint density at radius 2 is 1.89 bits per heavy atom. The van der Waals surface area contributed by atoms with Gasteiger partial charge in [-0.25, -0.2) is 0 Å². The van der Waals surface area contributed by atoms with E-state index in [9.17, 15) is 18.0 Å². The maximum absolute atomic E-state index is 11.4. The van der Waals surface area contributed by atoms with Gasteiger partial charge in [0.2, 0.25) is 11.8 Å². The van der Waals surface area contributed by atoms with Crippen LogP contribution in [0.1, 0.15) is 13.8 Å². The molecule has 0 saturated carbocycles. The van der Waals surface area contributed by atoms with Gasteiger partial charge in [-0.15, -0.1) is 0 Å². The minimum atomic E-state index is -4.40. The summed E-state index contributed by atoms with van der Waals surface area (Å²) in [6.45, 7) is 9.23. The van der Waals surface area contributed by atoms with Crippen molar-refractivity contribution in [3.05, 3.63) is 24.8 Å². The molecule has 0 radical (unpaired) electrons. The highest BCUT2D eigenvalue weighted by molar-refractivity contribution is 7.85. The molecule has 1 atom stereocenters. The number of rotatable bonds is 6. The lowest BCUT2D eigenvalue weighted by Gasteiger charge is -2.30. The lowest BCUT2D eigenvalue weighted by atomic mass is 10.2. The summed E-state index contributed by atoms with van der Waals surface area (Å²) in [4.78, 5) is 22.6. The Hall–Kier alpha value is -1.67. The van der Waals surface area contributed by atoms with Gasteiger partial charge in [0, 0.05) is 5.57 Å². The third kappa shape index (κ3) is 6.16. The Balaban J connectivity index is 5.14. The predicted molar refractivity (Wildman–Crippen MR) is 66.1 cm³/mol. The van der Waals surface area contributed by atoms with Crippen molar-refractivity contribution in [3.8, 4) is 0 Å². The Morgan fingerprint density at radius 3 is 2.22 bits per heavy atom. The Kier molecular flexibility index (Phi) is 5.25. The number of carbonyl (C=O) groups excluding carboxylic acids is 2. The summed E-state index contributed by atoms with van der Waals surface area (Å²) in [6.07, 6.45) is 0.912. The fraction of sp³-hybridized carbons (Fsp3) is 0.400. The van der Waals surface area contributed by atoms with Crippen LogP contribution in [0, 0.1) is 0 Å². The Morgan fingerprint density at radius 1 is 1.39 bits per heavy atom. The molecule has 8 heteroatoms. The second kappa shape index (κ2) is 5.78. The SMILES string of the molecule is C=CC(=O)NC(C)(CS(=O)(=O)O)NC(=O)C(=C)C. The summed E-state index contributed by atoms with van der Waals surface area (Å²) in [7, 11) is -4.40. The summed E-state index contributed by atoms with van der Waals surface area (Å²) in [5.41, 5.74) is -1.53. The first kappa shape index (κ1) is 16.3. The van der Waals surface area contributed by atoms with Crippen LogP contribution in [-0.2, 0) is 19.7 Å². The first-order valence-corrected chi connectivity index (χ1v) is 6.48. The largest absolute Gasteiger partial charge is 0.329 e. The zero-order valence-corrected chi connectivity index (χ0v) is 11.0. The minimum Gasteiger partial charge on any atom is -0.329 e. The zero-order valence-electron chi connectivity index (χ0n) is 10.2. The van der Waals surface area contributed by atoms with E-state index >= 15 is 0 Å². The molecule has 102 valence electrons. The van der Waals surface area contributed by atoms with E-state index in [0.717, 1.165) is 6.08 Å². The average molecular weight is 276 g/mol. The molecule has 0 aliphatic heterocycles. The smallest absolute Gasteiger partial charge is 0.269 e. The van der Waals surface area contributed by atoms with Crippen molar-refractivity contribution >= 4 is 21.9 Å². The molecule has 0 aromatic carbocycles. The quantitative estimate of drug-likeness (QED) is 0.346. The number of hydrogen-bond donors (Lipinski definition) is 3. The standard InChI is InChI=1S/C10H16N2O5S/c1-5-8(13)11-10(4,6-18(15,16)17)12-9(14)7(2)3/h5H,1-2,6H2,3-4H3,(H,11,13)(H,12,14)(H,15,16,17). The fourth-order valence-corrected chi connectivity index (χ4v) is 2.02. The van der Waals surface area contributed by atoms with Crippen LogP contribution in [-0.4, -0.2) is 36.2 Å². The second-order valence-electron chi connectivity index (χ2n) is 3.99. The molecule has 18 heavy (non-hydrogen) atoms. The van der Waals surface area contributed by atoms with Crippen LogP contribution in [0.15, 0.2) is 24.8 Å². The van der Waals surface area contributed by atoms with E-state index < -0.39 is 33.3 Å². The number of nitrogens with one attached hydrogen (secondary N) is 2. The van der Waals surface area contributed by atoms with Crippen LogP contribution < -0.4 is 10.6 Å². The molecule has 2 amide bonds. The highest BCUT2D eigenvalue weighted by Crippen LogP contribution is 2.05. The molecule has 0 spiro atoms. The van der Waals surface area contributed by atoms with E-state index in [1.807, 2.05) is 0 Å². The number of carbonyl (C=O) groups is 2. The van der Waals surface area contributed by atoms with Gasteiger partial charge >= 0.3 is 0 Å². The molecule has 0 fully saturated rings. The topological polar surface area (TPSA) is 113 Å². The van der Waals surface area contributed by atoms with Crippen LogP contribution >= 0.6 is 0 Å². The number of hydrogen-bond acceptors (Lipinski definition) is 4. The lowest BCUT2D eigenvalue weighted by Crippen LogP contribution is -2.62. The van der Waals surface area contributed by atoms with Gasteiger partial charge < -0.3 is 10.6 Å². The fourth-order valence-electron chi connectivity index (χ4n) is 1.15. The Labute approximate surface area is 106 Å². The molecule has 0 heterocycles. The van der Waals surface area contributed by atoms with E-state index in [1.165, 1.54) is 13.8 Å². The molecule has 0 aromatic heterocycles. The molecular weight excluding hydrogens is 260 g/mol. The van der Waals surface area contributed by atoms with Gasteiger partial charge in [0.05, 0.1) is 0 Å². The first-order chi connectivity index (χ1) is 7.99. The molecule has 1 unspecified atom stereocenters. The highest BCUT2D eigenvalue weighted by Gasteiger charge is 2.32. The minimum absolute atomic E-state index is 0.129. The van der Waals surface area contributed by atoms with Crippen LogP contribution in [0.2, 0.25) is 0 Å². The number of amides is 2. The predicted octanol–water partition coefficient (Wildman–Crippen LogP) is -0.415. The molecular formula is C10H16N2O5S. The molecule has 0 aliphatic carbocycles. The van der Waals surface area contributed by atoms with Gasteiger partial charge in [-0.2, -0.15) is 8.42 Å². The molecule has 3 N–H and O–H groups in total. The molecule has 0 aliphatic rings. The molecule has 0 aromatic rings. The van der Waals surface area contributed by atoms with E-state index in [0.29, 0.717) is 0 Å².